The van der Waals surface area contributed by atoms with E-state index in [1.807, 2.05) is 0 Å². The number of carboxylic acid groups (broad SMARTS) is 1. The summed E-state index contributed by atoms with van der Waals surface area (Å²) >= 11 is 1.43. The van der Waals surface area contributed by atoms with Crippen LogP contribution in [-0.2, 0) is 12.8 Å². The Morgan fingerprint density at radius 2 is 1.77 bits per heavy atom. The molecule has 0 spiro atoms. The minimum atomic E-state index is -0.938. The molecule has 0 aliphatic heterocycles. The van der Waals surface area contributed by atoms with E-state index in [0.717, 1.165) is 61.8 Å². The molecule has 1 saturated carbocycles. The first-order valence-electron chi connectivity index (χ1n) is 8.10. The number of hydrogen-bond donors (Lipinski definition) is 3. The number of urea groups is 1. The first kappa shape index (κ1) is 15.3. The Bertz CT molecular complexity index is 576. The van der Waals surface area contributed by atoms with Crippen LogP contribution < -0.4 is 10.6 Å². The van der Waals surface area contributed by atoms with E-state index in [1.54, 1.807) is 0 Å². The molecule has 22 heavy (non-hydrogen) atoms. The molecule has 0 atom stereocenters. The maximum absolute atomic E-state index is 12.2. The Morgan fingerprint density at radius 3 is 2.50 bits per heavy atom. The highest BCUT2D eigenvalue weighted by molar-refractivity contribution is 7.17. The highest BCUT2D eigenvalue weighted by Gasteiger charge is 2.26. The molecular weight excluding hydrogens is 300 g/mol. The SMILES string of the molecule is O=C(Nc1sc2c(c1C(=O)O)CCCC2)NC1CCCCC1. The van der Waals surface area contributed by atoms with Gasteiger partial charge < -0.3 is 10.4 Å². The topological polar surface area (TPSA) is 78.4 Å². The third-order valence-electron chi connectivity index (χ3n) is 4.55. The van der Waals surface area contributed by atoms with Crippen LogP contribution >= 0.6 is 11.3 Å². The lowest BCUT2D eigenvalue weighted by Gasteiger charge is -2.22. The second-order valence-electron chi connectivity index (χ2n) is 6.15. The standard InChI is InChI=1S/C16H22N2O3S/c19-15(20)13-11-8-4-5-9-12(11)22-14(13)18-16(21)17-10-6-2-1-3-7-10/h10H,1-9H2,(H,19,20)(H2,17,18,21). The molecule has 5 nitrogen and oxygen atoms in total. The first-order valence-corrected chi connectivity index (χ1v) is 8.92. The van der Waals surface area contributed by atoms with E-state index >= 15 is 0 Å². The van der Waals surface area contributed by atoms with Gasteiger partial charge in [-0.05, 0) is 44.1 Å². The van der Waals surface area contributed by atoms with Crippen molar-refractivity contribution in [3.8, 4) is 0 Å². The van der Waals surface area contributed by atoms with Crippen LogP contribution in [0.2, 0.25) is 0 Å². The van der Waals surface area contributed by atoms with Gasteiger partial charge in [-0.1, -0.05) is 19.3 Å². The van der Waals surface area contributed by atoms with E-state index in [-0.39, 0.29) is 12.1 Å². The molecule has 3 rings (SSSR count). The van der Waals surface area contributed by atoms with E-state index in [9.17, 15) is 14.7 Å². The smallest absolute Gasteiger partial charge is 0.339 e. The van der Waals surface area contributed by atoms with Crippen molar-refractivity contribution < 1.29 is 14.7 Å². The van der Waals surface area contributed by atoms with Crippen LogP contribution in [0, 0.1) is 0 Å². The van der Waals surface area contributed by atoms with Crippen molar-refractivity contribution >= 4 is 28.3 Å². The Labute approximate surface area is 134 Å². The fourth-order valence-corrected chi connectivity index (χ4v) is 4.73. The Balaban J connectivity index is 1.72. The van der Waals surface area contributed by atoms with Gasteiger partial charge in [-0.3, -0.25) is 5.32 Å². The third-order valence-corrected chi connectivity index (χ3v) is 5.76. The van der Waals surface area contributed by atoms with Gasteiger partial charge in [-0.15, -0.1) is 11.3 Å². The number of hydrogen-bond acceptors (Lipinski definition) is 3. The summed E-state index contributed by atoms with van der Waals surface area (Å²) in [6, 6.07) is -0.0513. The Hall–Kier alpha value is -1.56. The van der Waals surface area contributed by atoms with Crippen molar-refractivity contribution in [3.63, 3.8) is 0 Å². The lowest BCUT2D eigenvalue weighted by Crippen LogP contribution is -2.39. The number of amides is 2. The van der Waals surface area contributed by atoms with E-state index in [0.29, 0.717) is 10.6 Å². The Kier molecular flexibility index (Phi) is 4.66. The highest BCUT2D eigenvalue weighted by Crippen LogP contribution is 2.38. The summed E-state index contributed by atoms with van der Waals surface area (Å²) < 4.78 is 0. The van der Waals surface area contributed by atoms with Gasteiger partial charge in [-0.2, -0.15) is 0 Å². The molecule has 120 valence electrons. The average Bonchev–Trinajstić information content (AvgIpc) is 2.85. The van der Waals surface area contributed by atoms with Gasteiger partial charge in [0.2, 0.25) is 0 Å². The lowest BCUT2D eigenvalue weighted by atomic mass is 9.95. The molecule has 2 aliphatic rings. The number of thiophene rings is 1. The van der Waals surface area contributed by atoms with Crippen molar-refractivity contribution in [1.82, 2.24) is 5.32 Å². The first-order chi connectivity index (χ1) is 10.6. The summed E-state index contributed by atoms with van der Waals surface area (Å²) in [5.74, 6) is -0.938. The van der Waals surface area contributed by atoms with Gasteiger partial charge >= 0.3 is 12.0 Å². The monoisotopic (exact) mass is 322 g/mol. The van der Waals surface area contributed by atoms with E-state index in [1.165, 1.54) is 17.8 Å². The average molecular weight is 322 g/mol. The summed E-state index contributed by atoms with van der Waals surface area (Å²) in [4.78, 5) is 24.8. The fraction of sp³-hybridized carbons (Fsp3) is 0.625. The Morgan fingerprint density at radius 1 is 1.05 bits per heavy atom. The van der Waals surface area contributed by atoms with E-state index < -0.39 is 5.97 Å². The molecule has 0 saturated heterocycles. The molecule has 2 amide bonds. The fourth-order valence-electron chi connectivity index (χ4n) is 3.45. The zero-order valence-corrected chi connectivity index (χ0v) is 13.4. The number of nitrogens with one attached hydrogen (secondary N) is 2. The van der Waals surface area contributed by atoms with Gasteiger partial charge in [0.15, 0.2) is 0 Å². The van der Waals surface area contributed by atoms with Crippen molar-refractivity contribution in [3.05, 3.63) is 16.0 Å². The molecule has 3 N–H and O–H groups in total. The predicted octanol–water partition coefficient (Wildman–Crippen LogP) is 3.78. The number of anilines is 1. The lowest BCUT2D eigenvalue weighted by molar-refractivity contribution is 0.0697. The molecule has 0 aromatic carbocycles. The van der Waals surface area contributed by atoms with Crippen molar-refractivity contribution in [2.24, 2.45) is 0 Å². The number of fused-ring (bicyclic) bond motifs is 1. The third kappa shape index (κ3) is 3.27. The number of aromatic carboxylic acids is 1. The molecule has 6 heteroatoms. The number of carbonyl (C=O) groups excluding carboxylic acids is 1. The normalized spacial score (nSPS) is 18.5. The van der Waals surface area contributed by atoms with Crippen LogP contribution in [-0.4, -0.2) is 23.1 Å². The van der Waals surface area contributed by atoms with Gasteiger partial charge in [-0.25, -0.2) is 9.59 Å². The zero-order valence-electron chi connectivity index (χ0n) is 12.6. The van der Waals surface area contributed by atoms with Gasteiger partial charge in [0.25, 0.3) is 0 Å². The maximum Gasteiger partial charge on any atom is 0.339 e. The summed E-state index contributed by atoms with van der Waals surface area (Å²) in [5, 5.41) is 15.7. The molecule has 0 unspecified atom stereocenters. The van der Waals surface area contributed by atoms with Crippen LogP contribution in [0.1, 0.15) is 65.7 Å². The van der Waals surface area contributed by atoms with Crippen LogP contribution in [0.5, 0.6) is 0 Å². The summed E-state index contributed by atoms with van der Waals surface area (Å²) in [7, 11) is 0. The molecule has 2 aliphatic carbocycles. The summed E-state index contributed by atoms with van der Waals surface area (Å²) in [6.07, 6.45) is 9.42. The predicted molar refractivity (Wildman–Crippen MR) is 86.9 cm³/mol. The zero-order chi connectivity index (χ0) is 15.5. The van der Waals surface area contributed by atoms with Crippen LogP contribution in [0.25, 0.3) is 0 Å². The van der Waals surface area contributed by atoms with Crippen molar-refractivity contribution in [1.29, 1.82) is 0 Å². The number of carbonyl (C=O) groups is 2. The van der Waals surface area contributed by atoms with Crippen LogP contribution in [0.3, 0.4) is 0 Å². The van der Waals surface area contributed by atoms with Crippen molar-refractivity contribution in [2.75, 3.05) is 5.32 Å². The van der Waals surface area contributed by atoms with Crippen molar-refractivity contribution in [2.45, 2.75) is 63.8 Å². The minimum Gasteiger partial charge on any atom is -0.478 e. The summed E-state index contributed by atoms with van der Waals surface area (Å²) in [6.45, 7) is 0. The maximum atomic E-state index is 12.2. The van der Waals surface area contributed by atoms with Gasteiger partial charge in [0, 0.05) is 10.9 Å². The molecular formula is C16H22N2O3S. The number of rotatable bonds is 3. The second kappa shape index (κ2) is 6.69. The largest absolute Gasteiger partial charge is 0.478 e. The van der Waals surface area contributed by atoms with E-state index in [2.05, 4.69) is 10.6 Å². The quantitative estimate of drug-likeness (QED) is 0.792. The highest BCUT2D eigenvalue weighted by atomic mass is 32.1. The molecule has 1 aromatic heterocycles. The van der Waals surface area contributed by atoms with Crippen LogP contribution in [0.4, 0.5) is 9.80 Å². The molecule has 1 heterocycles. The van der Waals surface area contributed by atoms with E-state index in [4.69, 9.17) is 0 Å². The summed E-state index contributed by atoms with van der Waals surface area (Å²) in [5.41, 5.74) is 1.23. The van der Waals surface area contributed by atoms with Crippen LogP contribution in [0.15, 0.2) is 0 Å². The number of aryl methyl sites for hydroxylation is 1. The number of carboxylic acids is 1. The molecule has 0 bridgehead atoms. The van der Waals surface area contributed by atoms with Gasteiger partial charge in [0.05, 0.1) is 5.56 Å². The molecule has 0 radical (unpaired) electrons. The van der Waals surface area contributed by atoms with Gasteiger partial charge in [0.1, 0.15) is 5.00 Å². The molecule has 1 aromatic rings. The second-order valence-corrected chi connectivity index (χ2v) is 7.26. The minimum absolute atomic E-state index is 0.219. The molecule has 1 fully saturated rings.